The van der Waals surface area contributed by atoms with Gasteiger partial charge in [0.25, 0.3) is 5.91 Å². The molecule has 12 heteroatoms. The fourth-order valence-electron chi connectivity index (χ4n) is 5.40. The van der Waals surface area contributed by atoms with Crippen LogP contribution in [-0.4, -0.2) is 65.9 Å². The molecule has 6 atom stereocenters. The third-order valence-electron chi connectivity index (χ3n) is 7.67. The highest BCUT2D eigenvalue weighted by Gasteiger charge is 2.56. The van der Waals surface area contributed by atoms with Crippen LogP contribution in [0.2, 0.25) is 5.02 Å². The quantitative estimate of drug-likeness (QED) is 0.362. The lowest BCUT2D eigenvalue weighted by atomic mass is 9.75. The molecule has 2 fully saturated rings. The molecule has 0 aliphatic heterocycles. The lowest BCUT2D eigenvalue weighted by Crippen LogP contribution is -2.51. The van der Waals surface area contributed by atoms with Gasteiger partial charge in [-0.25, -0.2) is 17.2 Å². The average molecular weight is 574 g/mol. The number of halogens is 3. The zero-order valence-electron chi connectivity index (χ0n) is 20.6. The number of benzene rings is 2. The van der Waals surface area contributed by atoms with Crippen molar-refractivity contribution in [3.63, 3.8) is 0 Å². The fourth-order valence-corrected chi connectivity index (χ4v) is 7.80. The van der Waals surface area contributed by atoms with E-state index in [4.69, 9.17) is 16.3 Å². The Morgan fingerprint density at radius 2 is 1.79 bits per heavy atom. The van der Waals surface area contributed by atoms with Crippen LogP contribution in [0.3, 0.4) is 0 Å². The van der Waals surface area contributed by atoms with Gasteiger partial charge in [0.2, 0.25) is 0 Å². The van der Waals surface area contributed by atoms with Gasteiger partial charge in [0, 0.05) is 17.3 Å². The van der Waals surface area contributed by atoms with E-state index in [1.165, 1.54) is 25.1 Å². The fraction of sp³-hybridized carbons (Fsp3) is 0.500. The highest BCUT2D eigenvalue weighted by atomic mass is 35.5. The van der Waals surface area contributed by atoms with E-state index in [0.29, 0.717) is 12.8 Å². The number of carbonyl (C=O) groups is 1. The van der Waals surface area contributed by atoms with Crippen LogP contribution in [0.15, 0.2) is 41.3 Å². The van der Waals surface area contributed by atoms with Crippen LogP contribution < -0.4 is 5.32 Å². The number of carbonyl (C=O) groups excluding carboxylic acids is 1. The molecular formula is C26H30ClF2NO7S. The minimum Gasteiger partial charge on any atom is -0.391 e. The van der Waals surface area contributed by atoms with Crippen molar-refractivity contribution in [2.45, 2.75) is 60.6 Å². The Labute approximate surface area is 224 Å². The van der Waals surface area contributed by atoms with E-state index in [-0.39, 0.29) is 59.1 Å². The molecule has 2 saturated carbocycles. The van der Waals surface area contributed by atoms with Gasteiger partial charge in [-0.1, -0.05) is 11.6 Å². The number of rotatable bonds is 9. The summed E-state index contributed by atoms with van der Waals surface area (Å²) in [4.78, 5) is 12.5. The molecule has 2 aromatic rings. The summed E-state index contributed by atoms with van der Waals surface area (Å²) in [6.45, 7) is 1.18. The normalized spacial score (nSPS) is 26.7. The number of ether oxygens (including phenoxy) is 1. The molecule has 2 aromatic carbocycles. The topological polar surface area (TPSA) is 133 Å². The molecular weight excluding hydrogens is 544 g/mol. The summed E-state index contributed by atoms with van der Waals surface area (Å²) >= 11 is 6.26. The lowest BCUT2D eigenvalue weighted by Gasteiger charge is -2.42. The summed E-state index contributed by atoms with van der Waals surface area (Å²) in [5.74, 6) is -3.65. The maximum Gasteiger partial charge on any atom is 0.255 e. The highest BCUT2D eigenvalue weighted by molar-refractivity contribution is 7.92. The van der Waals surface area contributed by atoms with Crippen LogP contribution in [0.5, 0.6) is 0 Å². The van der Waals surface area contributed by atoms with Crippen LogP contribution in [-0.2, 0) is 14.6 Å². The predicted octanol–water partition coefficient (Wildman–Crippen LogP) is 3.32. The first kappa shape index (κ1) is 28.8. The minimum absolute atomic E-state index is 0.000387. The van der Waals surface area contributed by atoms with Gasteiger partial charge in [-0.3, -0.25) is 4.79 Å². The second-order valence-corrected chi connectivity index (χ2v) is 12.8. The summed E-state index contributed by atoms with van der Waals surface area (Å²) in [5, 5.41) is 32.0. The molecule has 1 unspecified atom stereocenters. The SMILES string of the molecule is C[C@H](O)[C@@H](O)COC[C@@]1(O)C2CC[C@H]1C[C@H](S(=O)(=O)c1cc(C(=O)Nc3ccc(F)c(F)c3)ccc1Cl)C2. The molecule has 38 heavy (non-hydrogen) atoms. The van der Waals surface area contributed by atoms with Crippen molar-refractivity contribution in [2.24, 2.45) is 11.8 Å². The van der Waals surface area contributed by atoms with E-state index < -0.39 is 50.4 Å². The Balaban J connectivity index is 1.49. The molecule has 2 aliphatic carbocycles. The number of anilines is 1. The molecule has 2 bridgehead atoms. The number of sulfone groups is 1. The van der Waals surface area contributed by atoms with Crippen molar-refractivity contribution in [2.75, 3.05) is 18.5 Å². The van der Waals surface area contributed by atoms with Gasteiger partial charge in [-0.05, 0) is 74.8 Å². The number of hydrogen-bond acceptors (Lipinski definition) is 7. The molecule has 1 amide bonds. The van der Waals surface area contributed by atoms with Gasteiger partial charge >= 0.3 is 0 Å². The average Bonchev–Trinajstić information content (AvgIpc) is 3.02. The molecule has 0 radical (unpaired) electrons. The van der Waals surface area contributed by atoms with Gasteiger partial charge in [0.05, 0.1) is 40.1 Å². The molecule has 0 aromatic heterocycles. The van der Waals surface area contributed by atoms with Crippen molar-refractivity contribution in [3.05, 3.63) is 58.6 Å². The van der Waals surface area contributed by atoms with E-state index in [1.54, 1.807) is 0 Å². The van der Waals surface area contributed by atoms with Crippen LogP contribution >= 0.6 is 11.6 Å². The minimum atomic E-state index is -4.00. The first-order valence-electron chi connectivity index (χ1n) is 12.3. The molecule has 4 rings (SSSR count). The maximum absolute atomic E-state index is 13.7. The van der Waals surface area contributed by atoms with E-state index in [9.17, 15) is 37.3 Å². The zero-order valence-corrected chi connectivity index (χ0v) is 22.2. The van der Waals surface area contributed by atoms with Crippen molar-refractivity contribution >= 4 is 33.0 Å². The number of hydrogen-bond donors (Lipinski definition) is 4. The lowest BCUT2D eigenvalue weighted by molar-refractivity contribution is -0.129. The van der Waals surface area contributed by atoms with E-state index in [2.05, 4.69) is 5.32 Å². The molecule has 0 saturated heterocycles. The Morgan fingerprint density at radius 3 is 2.39 bits per heavy atom. The van der Waals surface area contributed by atoms with E-state index in [0.717, 1.165) is 18.2 Å². The molecule has 208 valence electrons. The van der Waals surface area contributed by atoms with Gasteiger partial charge in [0.1, 0.15) is 6.10 Å². The summed E-state index contributed by atoms with van der Waals surface area (Å²) in [7, 11) is -4.00. The number of nitrogens with one attached hydrogen (secondary N) is 1. The monoisotopic (exact) mass is 573 g/mol. The van der Waals surface area contributed by atoms with Crippen molar-refractivity contribution in [1.29, 1.82) is 0 Å². The van der Waals surface area contributed by atoms with Gasteiger partial charge < -0.3 is 25.4 Å². The first-order chi connectivity index (χ1) is 17.8. The summed E-state index contributed by atoms with van der Waals surface area (Å²) in [6.07, 6.45) is -0.526. The molecule has 4 N–H and O–H groups in total. The van der Waals surface area contributed by atoms with Crippen LogP contribution in [0.4, 0.5) is 14.5 Å². The van der Waals surface area contributed by atoms with Gasteiger partial charge in [-0.15, -0.1) is 0 Å². The van der Waals surface area contributed by atoms with Crippen molar-refractivity contribution in [1.82, 2.24) is 0 Å². The maximum atomic E-state index is 13.7. The van der Waals surface area contributed by atoms with Crippen LogP contribution in [0.1, 0.15) is 43.0 Å². The van der Waals surface area contributed by atoms with Crippen LogP contribution in [0, 0.1) is 23.5 Å². The number of aliphatic hydroxyl groups excluding tert-OH is 2. The standard InChI is InChI=1S/C26H30ClF2NO7S/c1-14(31)23(32)12-37-13-26(34)16-3-4-17(26)10-19(9-16)38(35,36)24-8-15(2-6-20(24)27)25(33)30-18-5-7-21(28)22(29)11-18/h2,5-8,11,14,16-17,19,23,31-32,34H,3-4,9-10,12-13H2,1H3,(H,30,33)/t14-,16-,17?,19-,23-,26-/m0/s1. The summed E-state index contributed by atoms with van der Waals surface area (Å²) in [6, 6.07) is 6.65. The van der Waals surface area contributed by atoms with Gasteiger partial charge in [-0.2, -0.15) is 0 Å². The molecule has 0 spiro atoms. The van der Waals surface area contributed by atoms with Crippen LogP contribution in [0.25, 0.3) is 0 Å². The van der Waals surface area contributed by atoms with E-state index >= 15 is 0 Å². The van der Waals surface area contributed by atoms with Gasteiger partial charge in [0.15, 0.2) is 21.5 Å². The van der Waals surface area contributed by atoms with Crippen molar-refractivity contribution < 1.29 is 42.0 Å². The predicted molar refractivity (Wildman–Crippen MR) is 136 cm³/mol. The molecule has 8 nitrogen and oxygen atoms in total. The van der Waals surface area contributed by atoms with Crippen molar-refractivity contribution in [3.8, 4) is 0 Å². The highest BCUT2D eigenvalue weighted by Crippen LogP contribution is 2.52. The third kappa shape index (κ3) is 5.73. The second kappa shape index (κ2) is 11.1. The number of fused-ring (bicyclic) bond motifs is 2. The Bertz CT molecular complexity index is 1290. The zero-order chi connectivity index (χ0) is 27.8. The smallest absolute Gasteiger partial charge is 0.255 e. The Hall–Kier alpha value is -2.15. The summed E-state index contributed by atoms with van der Waals surface area (Å²) < 4.78 is 59.5. The number of amides is 1. The Kier molecular flexibility index (Phi) is 8.46. The Morgan fingerprint density at radius 1 is 1.13 bits per heavy atom. The van der Waals surface area contributed by atoms with E-state index in [1.807, 2.05) is 0 Å². The second-order valence-electron chi connectivity index (χ2n) is 10.2. The molecule has 2 aliphatic rings. The molecule has 0 heterocycles. The third-order valence-corrected chi connectivity index (χ3v) is 10.3. The largest absolute Gasteiger partial charge is 0.391 e. The summed E-state index contributed by atoms with van der Waals surface area (Å²) in [5.41, 5.74) is -1.28. The number of aliphatic hydroxyl groups is 3. The first-order valence-corrected chi connectivity index (χ1v) is 14.2.